The Balaban J connectivity index is 2.57. The summed E-state index contributed by atoms with van der Waals surface area (Å²) in [5, 5.41) is 3.63. The molecule has 0 aliphatic rings. The van der Waals surface area contributed by atoms with Gasteiger partial charge in [-0.1, -0.05) is 5.16 Å². The van der Waals surface area contributed by atoms with Gasteiger partial charge in [-0.2, -0.15) is 0 Å². The number of hydrogen-bond acceptors (Lipinski definition) is 4. The Kier molecular flexibility index (Phi) is 1.81. The average molecular weight is 196 g/mol. The van der Waals surface area contributed by atoms with E-state index >= 15 is 0 Å². The van der Waals surface area contributed by atoms with Crippen LogP contribution in [0.25, 0.3) is 10.7 Å². The molecule has 68 valence electrons. The Morgan fingerprint density at radius 2 is 2.31 bits per heavy atom. The highest BCUT2D eigenvalue weighted by Crippen LogP contribution is 2.28. The van der Waals surface area contributed by atoms with Crippen molar-refractivity contribution in [2.24, 2.45) is 0 Å². The zero-order valence-electron chi connectivity index (χ0n) is 7.25. The first kappa shape index (κ1) is 8.25. The van der Waals surface area contributed by atoms with Gasteiger partial charge in [-0.3, -0.25) is 9.51 Å². The van der Waals surface area contributed by atoms with Crippen molar-refractivity contribution < 1.29 is 4.52 Å². The summed E-state index contributed by atoms with van der Waals surface area (Å²) in [5.41, 5.74) is 1.10. The van der Waals surface area contributed by atoms with Gasteiger partial charge in [0.25, 0.3) is 0 Å². The third-order valence-electron chi connectivity index (χ3n) is 1.70. The summed E-state index contributed by atoms with van der Waals surface area (Å²) in [6, 6.07) is 2.05. The molecule has 0 saturated heterocycles. The van der Waals surface area contributed by atoms with Crippen LogP contribution in [0.15, 0.2) is 15.4 Å². The molecule has 0 aliphatic heterocycles. The molecule has 2 rings (SSSR count). The Morgan fingerprint density at radius 3 is 2.77 bits per heavy atom. The van der Waals surface area contributed by atoms with E-state index in [-0.39, 0.29) is 0 Å². The first-order valence-electron chi connectivity index (χ1n) is 3.80. The van der Waals surface area contributed by atoms with Gasteiger partial charge in [0.2, 0.25) is 0 Å². The monoisotopic (exact) mass is 196 g/mol. The number of aromatic amines is 1. The minimum absolute atomic E-state index is 0.513. The molecular formula is C8H8N2O2S. The van der Waals surface area contributed by atoms with Gasteiger partial charge in [-0.25, -0.2) is 4.79 Å². The molecule has 0 aromatic carbocycles. The van der Waals surface area contributed by atoms with Crippen molar-refractivity contribution in [3.05, 3.63) is 27.1 Å². The van der Waals surface area contributed by atoms with Crippen LogP contribution in [0.2, 0.25) is 0 Å². The van der Waals surface area contributed by atoms with Gasteiger partial charge in [0.1, 0.15) is 0 Å². The fraction of sp³-hybridized carbons (Fsp3) is 0.250. The van der Waals surface area contributed by atoms with Crippen molar-refractivity contribution in [3.8, 4) is 10.7 Å². The highest BCUT2D eigenvalue weighted by molar-refractivity contribution is 7.15. The third kappa shape index (κ3) is 1.42. The number of nitrogens with zero attached hydrogens (tertiary/aromatic N) is 1. The second kappa shape index (κ2) is 2.85. The van der Waals surface area contributed by atoms with Crippen LogP contribution in [0.3, 0.4) is 0 Å². The minimum atomic E-state index is -0.513. The topological polar surface area (TPSA) is 58.9 Å². The molecule has 0 amide bonds. The van der Waals surface area contributed by atoms with Crippen molar-refractivity contribution in [2.45, 2.75) is 13.8 Å². The largest absolute Gasteiger partial charge is 0.439 e. The zero-order chi connectivity index (χ0) is 9.42. The van der Waals surface area contributed by atoms with E-state index in [1.807, 2.05) is 19.9 Å². The summed E-state index contributed by atoms with van der Waals surface area (Å²) in [4.78, 5) is 15.4. The SMILES string of the molecule is Cc1cc(C)c(-c2noc(=O)[nH]2)s1. The van der Waals surface area contributed by atoms with Crippen LogP contribution in [-0.2, 0) is 0 Å². The summed E-state index contributed by atoms with van der Waals surface area (Å²) in [6.45, 7) is 3.99. The predicted octanol–water partition coefficient (Wildman–Crippen LogP) is 1.71. The van der Waals surface area contributed by atoms with Crippen LogP contribution in [-0.4, -0.2) is 10.1 Å². The van der Waals surface area contributed by atoms with Gasteiger partial charge in [0.15, 0.2) is 5.82 Å². The normalized spacial score (nSPS) is 10.6. The molecule has 0 bridgehead atoms. The maximum Gasteiger partial charge on any atom is 0.439 e. The van der Waals surface area contributed by atoms with Crippen LogP contribution in [0, 0.1) is 13.8 Å². The Morgan fingerprint density at radius 1 is 1.54 bits per heavy atom. The number of thiophene rings is 1. The van der Waals surface area contributed by atoms with Crippen molar-refractivity contribution in [2.75, 3.05) is 0 Å². The first-order chi connectivity index (χ1) is 6.16. The highest BCUT2D eigenvalue weighted by Gasteiger charge is 2.09. The lowest BCUT2D eigenvalue weighted by atomic mass is 10.2. The summed E-state index contributed by atoms with van der Waals surface area (Å²) in [6.07, 6.45) is 0. The van der Waals surface area contributed by atoms with Crippen LogP contribution < -0.4 is 5.76 Å². The predicted molar refractivity (Wildman–Crippen MR) is 49.9 cm³/mol. The standard InChI is InChI=1S/C8H8N2O2S/c1-4-3-5(2)13-6(4)7-9-8(11)12-10-7/h3H,1-2H3,(H,9,10,11). The number of H-pyrrole nitrogens is 1. The van der Waals surface area contributed by atoms with Crippen LogP contribution >= 0.6 is 11.3 Å². The lowest BCUT2D eigenvalue weighted by molar-refractivity contribution is 0.388. The molecule has 0 unspecified atom stereocenters. The van der Waals surface area contributed by atoms with Gasteiger partial charge in [-0.05, 0) is 25.5 Å². The molecular weight excluding hydrogens is 188 g/mol. The van der Waals surface area contributed by atoms with Gasteiger partial charge >= 0.3 is 5.76 Å². The van der Waals surface area contributed by atoms with Crippen molar-refractivity contribution in [1.82, 2.24) is 10.1 Å². The molecule has 0 aliphatic carbocycles. The summed E-state index contributed by atoms with van der Waals surface area (Å²) in [5.74, 6) is 0.000975. The molecule has 2 aromatic rings. The van der Waals surface area contributed by atoms with E-state index in [9.17, 15) is 4.79 Å². The molecule has 0 fully saturated rings. The van der Waals surface area contributed by atoms with Crippen molar-refractivity contribution >= 4 is 11.3 Å². The maximum atomic E-state index is 10.7. The minimum Gasteiger partial charge on any atom is -0.296 e. The Bertz CT molecular complexity index is 480. The van der Waals surface area contributed by atoms with E-state index < -0.39 is 5.76 Å². The van der Waals surface area contributed by atoms with Gasteiger partial charge in [-0.15, -0.1) is 11.3 Å². The maximum absolute atomic E-state index is 10.7. The molecule has 5 heteroatoms. The molecule has 2 heterocycles. The van der Waals surface area contributed by atoms with Gasteiger partial charge in [0.05, 0.1) is 4.88 Å². The third-order valence-corrected chi connectivity index (χ3v) is 2.86. The molecule has 13 heavy (non-hydrogen) atoms. The van der Waals surface area contributed by atoms with Gasteiger partial charge in [0, 0.05) is 4.88 Å². The molecule has 2 aromatic heterocycles. The second-order valence-electron chi connectivity index (χ2n) is 2.81. The molecule has 0 atom stereocenters. The number of aryl methyl sites for hydroxylation is 2. The molecule has 0 spiro atoms. The number of hydrogen-bond donors (Lipinski definition) is 1. The van der Waals surface area contributed by atoms with E-state index in [1.54, 1.807) is 11.3 Å². The summed E-state index contributed by atoms with van der Waals surface area (Å²) < 4.78 is 4.43. The van der Waals surface area contributed by atoms with Crippen LogP contribution in [0.5, 0.6) is 0 Å². The lowest BCUT2D eigenvalue weighted by Gasteiger charge is -1.88. The summed E-state index contributed by atoms with van der Waals surface area (Å²) in [7, 11) is 0. The van der Waals surface area contributed by atoms with Gasteiger partial charge < -0.3 is 0 Å². The van der Waals surface area contributed by atoms with Crippen LogP contribution in [0.4, 0.5) is 0 Å². The fourth-order valence-electron chi connectivity index (χ4n) is 1.20. The molecule has 4 nitrogen and oxygen atoms in total. The number of rotatable bonds is 1. The number of aromatic nitrogens is 2. The zero-order valence-corrected chi connectivity index (χ0v) is 8.07. The number of nitrogens with one attached hydrogen (secondary N) is 1. The van der Waals surface area contributed by atoms with E-state index in [1.165, 1.54) is 4.88 Å². The first-order valence-corrected chi connectivity index (χ1v) is 4.62. The molecule has 0 radical (unpaired) electrons. The van der Waals surface area contributed by atoms with E-state index in [0.29, 0.717) is 5.82 Å². The summed E-state index contributed by atoms with van der Waals surface area (Å²) >= 11 is 1.59. The average Bonchev–Trinajstić information content (AvgIpc) is 2.58. The van der Waals surface area contributed by atoms with E-state index in [4.69, 9.17) is 0 Å². The van der Waals surface area contributed by atoms with E-state index in [2.05, 4.69) is 14.7 Å². The lowest BCUT2D eigenvalue weighted by Crippen LogP contribution is -1.94. The van der Waals surface area contributed by atoms with Crippen molar-refractivity contribution in [1.29, 1.82) is 0 Å². The smallest absolute Gasteiger partial charge is 0.296 e. The fourth-order valence-corrected chi connectivity index (χ4v) is 2.17. The highest BCUT2D eigenvalue weighted by atomic mass is 32.1. The van der Waals surface area contributed by atoms with Crippen molar-refractivity contribution in [3.63, 3.8) is 0 Å². The Hall–Kier alpha value is -1.36. The second-order valence-corrected chi connectivity index (χ2v) is 4.07. The van der Waals surface area contributed by atoms with E-state index in [0.717, 1.165) is 10.4 Å². The molecule has 0 saturated carbocycles. The van der Waals surface area contributed by atoms with Crippen LogP contribution in [0.1, 0.15) is 10.4 Å². The quantitative estimate of drug-likeness (QED) is 0.755. The molecule has 1 N–H and O–H groups in total. The Labute approximate surface area is 78.2 Å².